The molecule has 0 aliphatic heterocycles. The van der Waals surface area contributed by atoms with Crippen molar-refractivity contribution in [3.63, 3.8) is 0 Å². The van der Waals surface area contributed by atoms with Crippen LogP contribution in [0, 0.1) is 3.57 Å². The Morgan fingerprint density at radius 3 is 2.76 bits per heavy atom. The zero-order valence-corrected chi connectivity index (χ0v) is 17.2. The van der Waals surface area contributed by atoms with Crippen molar-refractivity contribution in [3.05, 3.63) is 50.0 Å². The van der Waals surface area contributed by atoms with Gasteiger partial charge in [-0.2, -0.15) is 5.10 Å². The van der Waals surface area contributed by atoms with Crippen LogP contribution < -0.4 is 15.5 Å². The number of anilines is 1. The number of rotatable bonds is 7. The van der Waals surface area contributed by atoms with E-state index in [1.165, 1.54) is 6.21 Å². The van der Waals surface area contributed by atoms with Crippen LogP contribution in [0.4, 0.5) is 5.69 Å². The highest BCUT2D eigenvalue weighted by Gasteiger charge is 2.08. The molecule has 0 saturated carbocycles. The number of carbonyl (C=O) groups is 1. The van der Waals surface area contributed by atoms with E-state index in [4.69, 9.17) is 4.74 Å². The average Bonchev–Trinajstić information content (AvgIpc) is 2.59. The van der Waals surface area contributed by atoms with Crippen LogP contribution in [-0.2, 0) is 4.79 Å². The summed E-state index contributed by atoms with van der Waals surface area (Å²) in [5.41, 5.74) is 4.01. The van der Waals surface area contributed by atoms with Gasteiger partial charge in [-0.3, -0.25) is 4.79 Å². The predicted octanol–water partition coefficient (Wildman–Crippen LogP) is 3.72. The largest absolute Gasteiger partial charge is 0.504 e. The van der Waals surface area contributed by atoms with Crippen molar-refractivity contribution in [2.45, 2.75) is 6.92 Å². The number of amides is 1. The highest BCUT2D eigenvalue weighted by molar-refractivity contribution is 14.1. The Labute approximate surface area is 167 Å². The number of ether oxygens (including phenoxy) is 1. The van der Waals surface area contributed by atoms with Crippen LogP contribution in [0.1, 0.15) is 12.5 Å². The first-order valence-electron chi connectivity index (χ1n) is 7.46. The van der Waals surface area contributed by atoms with E-state index in [1.807, 2.05) is 53.8 Å². The summed E-state index contributed by atoms with van der Waals surface area (Å²) in [5.74, 6) is 0.221. The molecule has 1 amide bonds. The van der Waals surface area contributed by atoms with E-state index in [0.717, 1.165) is 10.2 Å². The molecule has 25 heavy (non-hydrogen) atoms. The number of hydrogen-bond acceptors (Lipinski definition) is 5. The van der Waals surface area contributed by atoms with Gasteiger partial charge in [-0.25, -0.2) is 5.43 Å². The van der Waals surface area contributed by atoms with E-state index in [9.17, 15) is 9.90 Å². The Bertz CT molecular complexity index is 766. The monoisotopic (exact) mass is 517 g/mol. The van der Waals surface area contributed by atoms with E-state index in [1.54, 1.807) is 12.1 Å². The van der Waals surface area contributed by atoms with E-state index in [0.29, 0.717) is 21.5 Å². The summed E-state index contributed by atoms with van der Waals surface area (Å²) in [4.78, 5) is 11.8. The summed E-state index contributed by atoms with van der Waals surface area (Å²) < 4.78 is 6.98. The Morgan fingerprint density at radius 2 is 2.08 bits per heavy atom. The molecule has 0 saturated heterocycles. The van der Waals surface area contributed by atoms with Crippen LogP contribution in [0.3, 0.4) is 0 Å². The number of phenols is 1. The first-order chi connectivity index (χ1) is 12.0. The van der Waals surface area contributed by atoms with Crippen LogP contribution in [0.25, 0.3) is 0 Å². The number of aromatic hydroxyl groups is 1. The van der Waals surface area contributed by atoms with Crippen molar-refractivity contribution in [1.29, 1.82) is 0 Å². The lowest BCUT2D eigenvalue weighted by atomic mass is 10.2. The number of nitrogens with one attached hydrogen (secondary N) is 2. The summed E-state index contributed by atoms with van der Waals surface area (Å²) in [6, 6.07) is 10.9. The molecule has 2 rings (SSSR count). The van der Waals surface area contributed by atoms with Gasteiger partial charge < -0.3 is 15.2 Å². The zero-order chi connectivity index (χ0) is 18.2. The molecule has 6 nitrogen and oxygen atoms in total. The second-order valence-electron chi connectivity index (χ2n) is 4.94. The fraction of sp³-hybridized carbons (Fsp3) is 0.176. The molecule has 0 unspecified atom stereocenters. The lowest BCUT2D eigenvalue weighted by molar-refractivity contribution is -0.119. The van der Waals surface area contributed by atoms with Gasteiger partial charge in [0, 0.05) is 10.2 Å². The fourth-order valence-corrected chi connectivity index (χ4v) is 2.79. The summed E-state index contributed by atoms with van der Waals surface area (Å²) >= 11 is 5.36. The topological polar surface area (TPSA) is 83.0 Å². The van der Waals surface area contributed by atoms with Crippen molar-refractivity contribution in [1.82, 2.24) is 5.43 Å². The van der Waals surface area contributed by atoms with Gasteiger partial charge in [-0.15, -0.1) is 0 Å². The molecule has 2 aromatic carbocycles. The SMILES string of the molecule is CCOc1cc(/C=N\NC(=O)CNc2ccc(Br)cc2)cc(I)c1O. The van der Waals surface area contributed by atoms with Crippen molar-refractivity contribution < 1.29 is 14.6 Å². The number of hydrogen-bond donors (Lipinski definition) is 3. The maximum Gasteiger partial charge on any atom is 0.259 e. The van der Waals surface area contributed by atoms with Crippen LogP contribution in [0.5, 0.6) is 11.5 Å². The lowest BCUT2D eigenvalue weighted by Gasteiger charge is -2.08. The maximum atomic E-state index is 11.8. The minimum atomic E-state index is -0.266. The normalized spacial score (nSPS) is 10.7. The summed E-state index contributed by atoms with van der Waals surface area (Å²) in [7, 11) is 0. The van der Waals surface area contributed by atoms with Crippen LogP contribution in [0.15, 0.2) is 46.0 Å². The van der Waals surface area contributed by atoms with E-state index in [2.05, 4.69) is 31.8 Å². The van der Waals surface area contributed by atoms with Crippen molar-refractivity contribution in [2.24, 2.45) is 5.10 Å². The fourth-order valence-electron chi connectivity index (χ4n) is 1.90. The van der Waals surface area contributed by atoms with Gasteiger partial charge in [0.1, 0.15) is 0 Å². The second kappa shape index (κ2) is 9.62. The van der Waals surface area contributed by atoms with Gasteiger partial charge in [-0.05, 0) is 71.5 Å². The molecule has 0 aromatic heterocycles. The average molecular weight is 518 g/mol. The molecule has 0 radical (unpaired) electrons. The Kier molecular flexibility index (Phi) is 7.51. The number of halogens is 2. The molecule has 0 fully saturated rings. The number of phenolic OH excluding ortho intramolecular Hbond substituents is 1. The number of carbonyl (C=O) groups excluding carboxylic acids is 1. The minimum absolute atomic E-state index is 0.0994. The third-order valence-corrected chi connectivity index (χ3v) is 4.40. The van der Waals surface area contributed by atoms with Crippen molar-refractivity contribution in [2.75, 3.05) is 18.5 Å². The van der Waals surface area contributed by atoms with Gasteiger partial charge in [0.05, 0.1) is 22.9 Å². The smallest absolute Gasteiger partial charge is 0.259 e. The standard InChI is InChI=1S/C17H17BrIN3O3/c1-2-25-15-8-11(7-14(19)17(15)24)9-21-22-16(23)10-20-13-5-3-12(18)4-6-13/h3-9,20,24H,2,10H2,1H3,(H,22,23)/b21-9-. The molecule has 8 heteroatoms. The van der Waals surface area contributed by atoms with Crippen molar-refractivity contribution >= 4 is 56.3 Å². The van der Waals surface area contributed by atoms with E-state index in [-0.39, 0.29) is 18.2 Å². The van der Waals surface area contributed by atoms with Gasteiger partial charge in [0.15, 0.2) is 11.5 Å². The Balaban J connectivity index is 1.89. The Morgan fingerprint density at radius 1 is 1.36 bits per heavy atom. The minimum Gasteiger partial charge on any atom is -0.504 e. The predicted molar refractivity (Wildman–Crippen MR) is 110 cm³/mol. The van der Waals surface area contributed by atoms with Gasteiger partial charge in [0.25, 0.3) is 5.91 Å². The molecular weight excluding hydrogens is 501 g/mol. The number of hydrazone groups is 1. The summed E-state index contributed by atoms with van der Waals surface area (Å²) in [5, 5.41) is 16.8. The molecular formula is C17H17BrIN3O3. The quantitative estimate of drug-likeness (QED) is 0.297. The molecule has 0 spiro atoms. The van der Waals surface area contributed by atoms with E-state index < -0.39 is 0 Å². The maximum absolute atomic E-state index is 11.8. The number of benzene rings is 2. The molecule has 0 bridgehead atoms. The third-order valence-electron chi connectivity index (χ3n) is 3.05. The molecule has 0 aliphatic carbocycles. The van der Waals surface area contributed by atoms with Crippen LogP contribution in [-0.4, -0.2) is 30.4 Å². The van der Waals surface area contributed by atoms with Gasteiger partial charge >= 0.3 is 0 Å². The summed E-state index contributed by atoms with van der Waals surface area (Å²) in [6.07, 6.45) is 1.50. The lowest BCUT2D eigenvalue weighted by Crippen LogP contribution is -2.25. The van der Waals surface area contributed by atoms with Crippen LogP contribution >= 0.6 is 38.5 Å². The van der Waals surface area contributed by atoms with Crippen LogP contribution in [0.2, 0.25) is 0 Å². The highest BCUT2D eigenvalue weighted by Crippen LogP contribution is 2.32. The number of nitrogens with zero attached hydrogens (tertiary/aromatic N) is 1. The first kappa shape index (κ1) is 19.5. The first-order valence-corrected chi connectivity index (χ1v) is 9.33. The second-order valence-corrected chi connectivity index (χ2v) is 7.01. The molecule has 0 heterocycles. The van der Waals surface area contributed by atoms with Gasteiger partial charge in [0.2, 0.25) is 0 Å². The molecule has 2 aromatic rings. The highest BCUT2D eigenvalue weighted by atomic mass is 127. The van der Waals surface area contributed by atoms with E-state index >= 15 is 0 Å². The third kappa shape index (κ3) is 6.20. The Hall–Kier alpha value is -1.81. The summed E-state index contributed by atoms with van der Waals surface area (Å²) in [6.45, 7) is 2.39. The molecule has 132 valence electrons. The molecule has 0 atom stereocenters. The van der Waals surface area contributed by atoms with Crippen molar-refractivity contribution in [3.8, 4) is 11.5 Å². The van der Waals surface area contributed by atoms with Gasteiger partial charge in [-0.1, -0.05) is 15.9 Å². The molecule has 0 aliphatic rings. The molecule has 3 N–H and O–H groups in total. The zero-order valence-electron chi connectivity index (χ0n) is 13.4.